The van der Waals surface area contributed by atoms with E-state index in [1.807, 2.05) is 0 Å². The molecule has 1 fully saturated rings. The van der Waals surface area contributed by atoms with Crippen molar-refractivity contribution in [2.24, 2.45) is 0 Å². The molecule has 0 radical (unpaired) electrons. The van der Waals surface area contributed by atoms with E-state index in [2.05, 4.69) is 15.3 Å². The van der Waals surface area contributed by atoms with E-state index < -0.39 is 0 Å². The van der Waals surface area contributed by atoms with Gasteiger partial charge in [-0.25, -0.2) is 4.98 Å². The predicted molar refractivity (Wildman–Crippen MR) is 75.4 cm³/mol. The fourth-order valence-electron chi connectivity index (χ4n) is 2.63. The van der Waals surface area contributed by atoms with Crippen LogP contribution in [-0.2, 0) is 6.42 Å². The van der Waals surface area contributed by atoms with Crippen molar-refractivity contribution >= 4 is 5.69 Å². The lowest BCUT2D eigenvalue weighted by Crippen LogP contribution is -2.24. The molecule has 20 heavy (non-hydrogen) atoms. The largest absolute Gasteiger partial charge is 0.342 e. The van der Waals surface area contributed by atoms with Crippen LogP contribution in [0, 0.1) is 10.1 Å². The lowest BCUT2D eigenvalue weighted by molar-refractivity contribution is -0.384. The van der Waals surface area contributed by atoms with Crippen LogP contribution in [-0.4, -0.2) is 27.5 Å². The maximum atomic E-state index is 11.0. The predicted octanol–water partition coefficient (Wildman–Crippen LogP) is 2.28. The summed E-state index contributed by atoms with van der Waals surface area (Å²) in [5.41, 5.74) is 1.38. The van der Waals surface area contributed by atoms with Gasteiger partial charge in [0.15, 0.2) is 0 Å². The third-order valence-electron chi connectivity index (χ3n) is 3.62. The molecule has 0 aliphatic carbocycles. The SMILES string of the molecule is O=[N+]([O-])c1ccccc1-c1cnc(CC2CCCN2)[nH]1. The minimum absolute atomic E-state index is 0.0988. The second-order valence-electron chi connectivity index (χ2n) is 5.02. The van der Waals surface area contributed by atoms with Crippen LogP contribution in [0.2, 0.25) is 0 Å². The first-order valence-corrected chi connectivity index (χ1v) is 6.75. The van der Waals surface area contributed by atoms with Crippen LogP contribution in [0.15, 0.2) is 30.5 Å². The van der Waals surface area contributed by atoms with Crippen molar-refractivity contribution < 1.29 is 4.92 Å². The Kier molecular flexibility index (Phi) is 3.47. The van der Waals surface area contributed by atoms with Gasteiger partial charge in [-0.3, -0.25) is 10.1 Å². The molecule has 1 aliphatic heterocycles. The summed E-state index contributed by atoms with van der Waals surface area (Å²) in [5.74, 6) is 0.873. The molecule has 1 unspecified atom stereocenters. The standard InChI is InChI=1S/C14H16N4O2/c19-18(20)13-6-2-1-5-11(13)12-9-16-14(17-12)8-10-4-3-7-15-10/h1-2,5-6,9-10,15H,3-4,7-8H2,(H,16,17). The van der Waals surface area contributed by atoms with E-state index in [4.69, 9.17) is 0 Å². The zero-order valence-corrected chi connectivity index (χ0v) is 11.0. The summed E-state index contributed by atoms with van der Waals surface area (Å²) in [6, 6.07) is 7.17. The molecular weight excluding hydrogens is 256 g/mol. The zero-order valence-electron chi connectivity index (χ0n) is 11.0. The van der Waals surface area contributed by atoms with Gasteiger partial charge < -0.3 is 10.3 Å². The Hall–Kier alpha value is -2.21. The summed E-state index contributed by atoms with van der Waals surface area (Å²) in [7, 11) is 0. The first-order chi connectivity index (χ1) is 9.74. The van der Waals surface area contributed by atoms with Gasteiger partial charge in [0.25, 0.3) is 5.69 Å². The number of nitrogens with zero attached hydrogens (tertiary/aromatic N) is 2. The van der Waals surface area contributed by atoms with Crippen LogP contribution in [0.4, 0.5) is 5.69 Å². The van der Waals surface area contributed by atoms with Crippen LogP contribution in [0.3, 0.4) is 0 Å². The Labute approximate surface area is 116 Å². The number of para-hydroxylation sites is 1. The minimum atomic E-state index is -0.367. The van der Waals surface area contributed by atoms with Gasteiger partial charge >= 0.3 is 0 Å². The average molecular weight is 272 g/mol. The van der Waals surface area contributed by atoms with E-state index in [1.54, 1.807) is 24.4 Å². The van der Waals surface area contributed by atoms with Crippen molar-refractivity contribution in [1.82, 2.24) is 15.3 Å². The fourth-order valence-corrected chi connectivity index (χ4v) is 2.63. The van der Waals surface area contributed by atoms with Crippen LogP contribution in [0.25, 0.3) is 11.3 Å². The van der Waals surface area contributed by atoms with Gasteiger partial charge in [0.05, 0.1) is 22.4 Å². The average Bonchev–Trinajstić information content (AvgIpc) is 3.11. The topological polar surface area (TPSA) is 83.8 Å². The fraction of sp³-hybridized carbons (Fsp3) is 0.357. The number of H-pyrrole nitrogens is 1. The maximum absolute atomic E-state index is 11.0. The number of hydrogen-bond donors (Lipinski definition) is 2. The number of nitrogens with one attached hydrogen (secondary N) is 2. The molecule has 1 aliphatic rings. The molecule has 2 N–H and O–H groups in total. The number of nitro groups is 1. The highest BCUT2D eigenvalue weighted by Crippen LogP contribution is 2.28. The summed E-state index contributed by atoms with van der Waals surface area (Å²) in [6.07, 6.45) is 4.86. The summed E-state index contributed by atoms with van der Waals surface area (Å²) < 4.78 is 0. The number of hydrogen-bond acceptors (Lipinski definition) is 4. The van der Waals surface area contributed by atoms with Crippen molar-refractivity contribution in [2.45, 2.75) is 25.3 Å². The lowest BCUT2D eigenvalue weighted by Gasteiger charge is -2.06. The second kappa shape index (κ2) is 5.42. The van der Waals surface area contributed by atoms with Crippen molar-refractivity contribution in [2.75, 3.05) is 6.54 Å². The molecule has 3 rings (SSSR count). The van der Waals surface area contributed by atoms with Gasteiger partial charge in [0.1, 0.15) is 5.82 Å². The highest BCUT2D eigenvalue weighted by Gasteiger charge is 2.18. The maximum Gasteiger partial charge on any atom is 0.278 e. The molecule has 0 spiro atoms. The molecule has 1 atom stereocenters. The lowest BCUT2D eigenvalue weighted by atomic mass is 10.1. The summed E-state index contributed by atoms with van der Waals surface area (Å²) in [4.78, 5) is 18.2. The van der Waals surface area contributed by atoms with Crippen LogP contribution in [0.5, 0.6) is 0 Å². The first-order valence-electron chi connectivity index (χ1n) is 6.75. The van der Waals surface area contributed by atoms with E-state index in [1.165, 1.54) is 12.5 Å². The van der Waals surface area contributed by atoms with E-state index in [0.717, 1.165) is 25.2 Å². The Balaban J connectivity index is 1.84. The van der Waals surface area contributed by atoms with Crippen molar-refractivity contribution in [3.63, 3.8) is 0 Å². The molecule has 6 heteroatoms. The van der Waals surface area contributed by atoms with E-state index in [0.29, 0.717) is 17.3 Å². The number of rotatable bonds is 4. The quantitative estimate of drug-likeness (QED) is 0.660. The molecule has 0 amide bonds. The summed E-state index contributed by atoms with van der Waals surface area (Å²) in [6.45, 7) is 1.06. The molecule has 1 aromatic heterocycles. The Morgan fingerprint density at radius 1 is 1.40 bits per heavy atom. The Morgan fingerprint density at radius 3 is 3.00 bits per heavy atom. The molecular formula is C14H16N4O2. The van der Waals surface area contributed by atoms with Crippen LogP contribution >= 0.6 is 0 Å². The van der Waals surface area contributed by atoms with E-state index in [-0.39, 0.29) is 10.6 Å². The smallest absolute Gasteiger partial charge is 0.278 e. The number of benzene rings is 1. The molecule has 1 saturated heterocycles. The Morgan fingerprint density at radius 2 is 2.25 bits per heavy atom. The molecule has 0 saturated carbocycles. The number of aromatic amines is 1. The second-order valence-corrected chi connectivity index (χ2v) is 5.02. The number of aromatic nitrogens is 2. The van der Waals surface area contributed by atoms with E-state index >= 15 is 0 Å². The number of nitro benzene ring substituents is 1. The van der Waals surface area contributed by atoms with Gasteiger partial charge in [-0.2, -0.15) is 0 Å². The first kappa shape index (κ1) is 12.8. The minimum Gasteiger partial charge on any atom is -0.342 e. The Bertz CT molecular complexity index is 617. The third kappa shape index (κ3) is 2.55. The normalized spacial score (nSPS) is 18.3. The molecule has 2 heterocycles. The van der Waals surface area contributed by atoms with Crippen LogP contribution < -0.4 is 5.32 Å². The van der Waals surface area contributed by atoms with Gasteiger partial charge in [-0.15, -0.1) is 0 Å². The molecule has 6 nitrogen and oxygen atoms in total. The molecule has 0 bridgehead atoms. The summed E-state index contributed by atoms with van der Waals surface area (Å²) >= 11 is 0. The molecule has 1 aromatic carbocycles. The third-order valence-corrected chi connectivity index (χ3v) is 3.62. The molecule has 104 valence electrons. The van der Waals surface area contributed by atoms with Gasteiger partial charge in [-0.05, 0) is 25.5 Å². The highest BCUT2D eigenvalue weighted by atomic mass is 16.6. The van der Waals surface area contributed by atoms with Crippen molar-refractivity contribution in [3.8, 4) is 11.3 Å². The highest BCUT2D eigenvalue weighted by molar-refractivity contribution is 5.70. The van der Waals surface area contributed by atoms with Gasteiger partial charge in [0, 0.05) is 18.5 Å². The van der Waals surface area contributed by atoms with Crippen molar-refractivity contribution in [3.05, 3.63) is 46.4 Å². The number of imidazole rings is 1. The monoisotopic (exact) mass is 272 g/mol. The molecule has 2 aromatic rings. The van der Waals surface area contributed by atoms with Crippen molar-refractivity contribution in [1.29, 1.82) is 0 Å². The van der Waals surface area contributed by atoms with Crippen LogP contribution in [0.1, 0.15) is 18.7 Å². The van der Waals surface area contributed by atoms with E-state index in [9.17, 15) is 10.1 Å². The summed E-state index contributed by atoms with van der Waals surface area (Å²) in [5, 5.41) is 14.5. The van der Waals surface area contributed by atoms with Gasteiger partial charge in [0.2, 0.25) is 0 Å². The van der Waals surface area contributed by atoms with Gasteiger partial charge in [-0.1, -0.05) is 12.1 Å². The zero-order chi connectivity index (χ0) is 13.9.